The van der Waals surface area contributed by atoms with E-state index in [-0.39, 0.29) is 5.92 Å². The first-order chi connectivity index (χ1) is 7.91. The molecule has 4 heteroatoms. The number of carboxylic acid groups (broad SMARTS) is 1. The number of carboxylic acids is 1. The van der Waals surface area contributed by atoms with Gasteiger partial charge in [0, 0.05) is 11.0 Å². The molecule has 1 rings (SSSR count). The Hall–Kier alpha value is -0.870. The molecular weight excluding hydrogens is 282 g/mol. The second-order valence-corrected chi connectivity index (χ2v) is 5.43. The number of aliphatic carboxylic acids is 1. The molecule has 94 valence electrons. The average Bonchev–Trinajstić information content (AvgIpc) is 2.20. The summed E-state index contributed by atoms with van der Waals surface area (Å²) in [6, 6.07) is 5.50. The first kappa shape index (κ1) is 14.2. The summed E-state index contributed by atoms with van der Waals surface area (Å²) in [5, 5.41) is 12.1. The van der Waals surface area contributed by atoms with Crippen molar-refractivity contribution in [1.82, 2.24) is 5.32 Å². The Balaban J connectivity index is 2.69. The lowest BCUT2D eigenvalue weighted by molar-refractivity contribution is -0.140. The summed E-state index contributed by atoms with van der Waals surface area (Å²) in [6.45, 7) is 6.40. The number of halogens is 1. The van der Waals surface area contributed by atoms with Crippen molar-refractivity contribution in [3.63, 3.8) is 0 Å². The van der Waals surface area contributed by atoms with Gasteiger partial charge in [0.05, 0.1) is 0 Å². The van der Waals surface area contributed by atoms with Crippen LogP contribution in [0.4, 0.5) is 0 Å². The minimum absolute atomic E-state index is 0.0725. The van der Waals surface area contributed by atoms with E-state index in [4.69, 9.17) is 5.11 Å². The van der Waals surface area contributed by atoms with Crippen molar-refractivity contribution < 1.29 is 9.90 Å². The van der Waals surface area contributed by atoms with Gasteiger partial charge in [0.25, 0.3) is 0 Å². The van der Waals surface area contributed by atoms with E-state index < -0.39 is 12.0 Å². The molecule has 1 aromatic rings. The lowest BCUT2D eigenvalue weighted by Gasteiger charge is -2.18. The van der Waals surface area contributed by atoms with Crippen molar-refractivity contribution in [1.29, 1.82) is 0 Å². The van der Waals surface area contributed by atoms with Crippen LogP contribution in [0.1, 0.15) is 25.0 Å². The molecule has 0 aliphatic heterocycles. The fourth-order valence-corrected chi connectivity index (χ4v) is 2.16. The van der Waals surface area contributed by atoms with Crippen molar-refractivity contribution >= 4 is 21.9 Å². The predicted octanol–water partition coefficient (Wildman–Crippen LogP) is 2.96. The Bertz CT molecular complexity index is 404. The van der Waals surface area contributed by atoms with E-state index >= 15 is 0 Å². The highest BCUT2D eigenvalue weighted by Gasteiger charge is 2.20. The molecule has 0 aliphatic carbocycles. The predicted molar refractivity (Wildman–Crippen MR) is 72.0 cm³/mol. The molecular formula is C13H18BrNO2. The summed E-state index contributed by atoms with van der Waals surface area (Å²) in [5.74, 6) is -0.724. The van der Waals surface area contributed by atoms with E-state index in [0.717, 1.165) is 15.6 Å². The van der Waals surface area contributed by atoms with Crippen molar-refractivity contribution in [2.75, 3.05) is 0 Å². The van der Waals surface area contributed by atoms with E-state index in [9.17, 15) is 4.79 Å². The Morgan fingerprint density at radius 2 is 2.12 bits per heavy atom. The van der Waals surface area contributed by atoms with E-state index in [1.54, 1.807) is 0 Å². The fourth-order valence-electron chi connectivity index (χ4n) is 1.69. The number of carbonyl (C=O) groups is 1. The van der Waals surface area contributed by atoms with E-state index in [0.29, 0.717) is 6.54 Å². The molecule has 0 aliphatic rings. The van der Waals surface area contributed by atoms with Crippen LogP contribution in [-0.4, -0.2) is 17.1 Å². The molecule has 0 heterocycles. The van der Waals surface area contributed by atoms with Crippen LogP contribution in [0.15, 0.2) is 22.7 Å². The lowest BCUT2D eigenvalue weighted by Crippen LogP contribution is -2.40. The Labute approximate surface area is 110 Å². The minimum atomic E-state index is -0.797. The largest absolute Gasteiger partial charge is 0.480 e. The zero-order chi connectivity index (χ0) is 13.0. The van der Waals surface area contributed by atoms with Gasteiger partial charge in [-0.15, -0.1) is 0 Å². The molecule has 17 heavy (non-hydrogen) atoms. The van der Waals surface area contributed by atoms with E-state index in [1.165, 1.54) is 0 Å². The maximum Gasteiger partial charge on any atom is 0.320 e. The zero-order valence-electron chi connectivity index (χ0n) is 10.3. The molecule has 0 amide bonds. The van der Waals surface area contributed by atoms with E-state index in [2.05, 4.69) is 21.2 Å². The molecule has 0 saturated carbocycles. The number of hydrogen-bond donors (Lipinski definition) is 2. The Morgan fingerprint density at radius 1 is 1.47 bits per heavy atom. The monoisotopic (exact) mass is 299 g/mol. The van der Waals surface area contributed by atoms with E-state index in [1.807, 2.05) is 39.0 Å². The van der Waals surface area contributed by atoms with Crippen molar-refractivity contribution in [3.8, 4) is 0 Å². The summed E-state index contributed by atoms with van der Waals surface area (Å²) in [7, 11) is 0. The summed E-state index contributed by atoms with van der Waals surface area (Å²) in [4.78, 5) is 11.0. The SMILES string of the molecule is Cc1cc(Br)ccc1CN[C@@H](C(=O)O)C(C)C. The third-order valence-electron chi connectivity index (χ3n) is 2.75. The lowest BCUT2D eigenvalue weighted by atomic mass is 10.0. The Morgan fingerprint density at radius 3 is 2.59 bits per heavy atom. The highest BCUT2D eigenvalue weighted by atomic mass is 79.9. The molecule has 0 unspecified atom stereocenters. The fraction of sp³-hybridized carbons (Fsp3) is 0.462. The van der Waals surface area contributed by atoms with Crippen LogP contribution in [0.5, 0.6) is 0 Å². The van der Waals surface area contributed by atoms with Gasteiger partial charge in [0.15, 0.2) is 0 Å². The van der Waals surface area contributed by atoms with Gasteiger partial charge in [-0.25, -0.2) is 0 Å². The van der Waals surface area contributed by atoms with Crippen molar-refractivity contribution in [3.05, 3.63) is 33.8 Å². The van der Waals surface area contributed by atoms with Gasteiger partial charge in [-0.2, -0.15) is 0 Å². The van der Waals surface area contributed by atoms with Gasteiger partial charge in [0.1, 0.15) is 6.04 Å². The molecule has 1 atom stereocenters. The molecule has 0 aromatic heterocycles. The standard InChI is InChI=1S/C13H18BrNO2/c1-8(2)12(13(16)17)15-7-10-4-5-11(14)6-9(10)3/h4-6,8,12,15H,7H2,1-3H3,(H,16,17)/t12-/m1/s1. The summed E-state index contributed by atoms with van der Waals surface area (Å²) < 4.78 is 1.04. The third kappa shape index (κ3) is 4.13. The van der Waals surface area contributed by atoms with Crippen LogP contribution < -0.4 is 5.32 Å². The maximum absolute atomic E-state index is 11.0. The number of benzene rings is 1. The van der Waals surface area contributed by atoms with Gasteiger partial charge < -0.3 is 10.4 Å². The second kappa shape index (κ2) is 6.17. The zero-order valence-corrected chi connectivity index (χ0v) is 11.9. The van der Waals surface area contributed by atoms with Crippen LogP contribution in [0.2, 0.25) is 0 Å². The average molecular weight is 300 g/mol. The van der Waals surface area contributed by atoms with Gasteiger partial charge in [-0.3, -0.25) is 4.79 Å². The molecule has 0 fully saturated rings. The second-order valence-electron chi connectivity index (χ2n) is 4.51. The minimum Gasteiger partial charge on any atom is -0.480 e. The van der Waals surface area contributed by atoms with Crippen LogP contribution in [0.3, 0.4) is 0 Å². The number of nitrogens with one attached hydrogen (secondary N) is 1. The van der Waals surface area contributed by atoms with Crippen LogP contribution in [-0.2, 0) is 11.3 Å². The van der Waals surface area contributed by atoms with Gasteiger partial charge in [-0.05, 0) is 36.1 Å². The molecule has 3 nitrogen and oxygen atoms in total. The van der Waals surface area contributed by atoms with Gasteiger partial charge in [0.2, 0.25) is 0 Å². The quantitative estimate of drug-likeness (QED) is 0.879. The molecule has 0 saturated heterocycles. The first-order valence-corrected chi connectivity index (χ1v) is 6.42. The molecule has 2 N–H and O–H groups in total. The molecule has 0 bridgehead atoms. The number of aryl methyl sites for hydroxylation is 1. The van der Waals surface area contributed by atoms with Gasteiger partial charge >= 0.3 is 5.97 Å². The topological polar surface area (TPSA) is 49.3 Å². The molecule has 1 aromatic carbocycles. The highest BCUT2D eigenvalue weighted by Crippen LogP contribution is 2.16. The van der Waals surface area contributed by atoms with Crippen molar-refractivity contribution in [2.45, 2.75) is 33.4 Å². The molecule has 0 spiro atoms. The van der Waals surface area contributed by atoms with Crippen molar-refractivity contribution in [2.24, 2.45) is 5.92 Å². The highest BCUT2D eigenvalue weighted by molar-refractivity contribution is 9.10. The summed E-state index contributed by atoms with van der Waals surface area (Å²) in [5.41, 5.74) is 2.28. The smallest absolute Gasteiger partial charge is 0.320 e. The normalized spacial score (nSPS) is 12.8. The summed E-state index contributed by atoms with van der Waals surface area (Å²) in [6.07, 6.45) is 0. The maximum atomic E-state index is 11.0. The van der Waals surface area contributed by atoms with Crippen LogP contribution >= 0.6 is 15.9 Å². The third-order valence-corrected chi connectivity index (χ3v) is 3.24. The Kier molecular flexibility index (Phi) is 5.15. The van der Waals surface area contributed by atoms with Gasteiger partial charge in [-0.1, -0.05) is 35.8 Å². The number of hydrogen-bond acceptors (Lipinski definition) is 2. The van der Waals surface area contributed by atoms with Crippen LogP contribution in [0, 0.1) is 12.8 Å². The first-order valence-electron chi connectivity index (χ1n) is 5.63. The molecule has 0 radical (unpaired) electrons. The number of rotatable bonds is 5. The summed E-state index contributed by atoms with van der Waals surface area (Å²) >= 11 is 3.41. The van der Waals surface area contributed by atoms with Crippen LogP contribution in [0.25, 0.3) is 0 Å².